The molecule has 0 unspecified atom stereocenters. The molecule has 2 fully saturated rings. The number of benzene rings is 2. The summed E-state index contributed by atoms with van der Waals surface area (Å²) in [6, 6.07) is 9.30. The highest BCUT2D eigenvalue weighted by Gasteiger charge is 2.50. The van der Waals surface area contributed by atoms with E-state index in [9.17, 15) is 58.8 Å². The monoisotopic (exact) mass is 1420 g/mol. The Morgan fingerprint density at radius 3 is 2.09 bits per heavy atom. The van der Waals surface area contributed by atoms with Crippen molar-refractivity contribution in [2.75, 3.05) is 60.3 Å². The number of quaternary nitrogens is 1. The molecule has 0 spiro atoms. The van der Waals surface area contributed by atoms with Crippen LogP contribution in [0.25, 0.3) is 0 Å². The number of hydrogen-bond donors (Lipinski definition) is 9. The Hall–Kier alpha value is -7.97. The second-order valence-corrected chi connectivity index (χ2v) is 29.0. The number of methoxy groups -OCH3 is 2. The zero-order chi connectivity index (χ0) is 74.2. The van der Waals surface area contributed by atoms with Crippen LogP contribution in [-0.4, -0.2) is 238 Å². The zero-order valence-electron chi connectivity index (χ0n) is 59.9. The summed E-state index contributed by atoms with van der Waals surface area (Å²) in [7, 11) is 8.30. The summed E-state index contributed by atoms with van der Waals surface area (Å²) >= 11 is 1.46. The summed E-state index contributed by atoms with van der Waals surface area (Å²) in [4.78, 5) is 145. The molecule has 0 aliphatic carbocycles. The number of nitrogens with zero attached hydrogens (tertiary/aromatic N) is 5. The number of thiazole rings is 1. The summed E-state index contributed by atoms with van der Waals surface area (Å²) < 4.78 is 28.8. The number of likely N-dealkylation sites (tertiary alicyclic amines) is 1. The number of nitrogens with one attached hydrogen (secondary N) is 5. The number of anilines is 1. The van der Waals surface area contributed by atoms with E-state index in [-0.39, 0.29) is 59.1 Å². The predicted octanol–water partition coefficient (Wildman–Crippen LogP) is 3.44. The third-order valence-electron chi connectivity index (χ3n) is 18.4. The van der Waals surface area contributed by atoms with Gasteiger partial charge in [-0.3, -0.25) is 43.3 Å². The third kappa shape index (κ3) is 21.1. The van der Waals surface area contributed by atoms with Gasteiger partial charge in [0.2, 0.25) is 35.8 Å². The molecule has 0 saturated carbocycles. The van der Waals surface area contributed by atoms with Gasteiger partial charge in [0, 0.05) is 76.0 Å². The van der Waals surface area contributed by atoms with Gasteiger partial charge in [-0.25, -0.2) is 14.6 Å². The van der Waals surface area contributed by atoms with E-state index in [4.69, 9.17) is 23.7 Å². The number of amides is 9. The van der Waals surface area contributed by atoms with E-state index in [0.29, 0.717) is 42.7 Å². The zero-order valence-corrected chi connectivity index (χ0v) is 60.7. The van der Waals surface area contributed by atoms with Crippen LogP contribution in [0.4, 0.5) is 10.5 Å². The Bertz CT molecular complexity index is 3330. The molecule has 30 heteroatoms. The average Bonchev–Trinajstić information content (AvgIpc) is 1.07. The minimum Gasteiger partial charge on any atom is -0.479 e. The first kappa shape index (κ1) is 81.0. The van der Waals surface area contributed by atoms with Crippen molar-refractivity contribution in [3.8, 4) is 5.75 Å². The van der Waals surface area contributed by atoms with Gasteiger partial charge in [0.15, 0.2) is 12.1 Å². The van der Waals surface area contributed by atoms with Crippen molar-refractivity contribution in [1.82, 2.24) is 41.0 Å². The molecule has 3 aliphatic heterocycles. The summed E-state index contributed by atoms with van der Waals surface area (Å²) in [6.07, 6.45) is -6.96. The topological polar surface area (TPSA) is 381 Å². The van der Waals surface area contributed by atoms with E-state index in [1.54, 1.807) is 78.0 Å². The molecule has 29 nitrogen and oxygen atoms in total. The number of rotatable bonds is 34. The minimum absolute atomic E-state index is 0.0517. The molecular formula is C70H103N10O19S+. The van der Waals surface area contributed by atoms with Gasteiger partial charge >= 0.3 is 12.1 Å². The number of hydrogen-bond acceptors (Lipinski definition) is 20. The highest BCUT2D eigenvalue weighted by atomic mass is 32.1. The van der Waals surface area contributed by atoms with Crippen molar-refractivity contribution < 1.29 is 96.5 Å². The molecule has 15 atom stereocenters. The van der Waals surface area contributed by atoms with E-state index < -0.39 is 157 Å². The fourth-order valence-corrected chi connectivity index (χ4v) is 14.0. The molecule has 6 rings (SSSR count). The average molecular weight is 1420 g/mol. The molecule has 0 radical (unpaired) electrons. The molecule has 4 heterocycles. The lowest BCUT2D eigenvalue weighted by Gasteiger charge is -2.42. The maximum atomic E-state index is 15.2. The highest BCUT2D eigenvalue weighted by molar-refractivity contribution is 7.09. The molecule has 0 bridgehead atoms. The van der Waals surface area contributed by atoms with Crippen LogP contribution in [-0.2, 0) is 75.1 Å². The van der Waals surface area contributed by atoms with Crippen LogP contribution in [0, 0.1) is 23.7 Å². The standard InChI is InChI=1S/C70H102N10O19S/c1-16-40(6)55(49(95-14)35-53(84)78-31-20-23-46(78)60(96-15)41(7)62(88)75-45(65-72-30-32-100-65)33-42-21-18-17-19-22-42)77(11)66(91)54(38(2)3)76-64(90)56(39(4)5)80(12,13)37-43-24-25-48(97-68-59(87)57(85)58(86)61(98-68)67(92)93)44(34-43)74-50(81)28-29-71-63(89)47(79-51(82)26-27-52(79)83)36-73-69(94)99-70(8,9)10/h17-19,21-22,24-27,30,32,34,38-41,45-47,49,54-61,68,85-87H,16,20,23,28-29,31,33,35-37H2,1-15H3,(H5-,71,73,74,75,76,81,88,89,90,92,93,94)/p+1/t40-,41+,45-,46-,47-,49-,54-,55-,56-,57+,58-,59-,60+,61-,68+/m0/s1. The Labute approximate surface area is 588 Å². The number of likely N-dealkylation sites (N-methyl/N-ethyl adjacent to an activating group) is 2. The van der Waals surface area contributed by atoms with Crippen molar-refractivity contribution in [2.45, 2.75) is 199 Å². The fourth-order valence-electron chi connectivity index (χ4n) is 13.3. The van der Waals surface area contributed by atoms with Crippen LogP contribution in [0.5, 0.6) is 5.75 Å². The first-order valence-corrected chi connectivity index (χ1v) is 34.7. The summed E-state index contributed by atoms with van der Waals surface area (Å²) in [5, 5.41) is 58.3. The Balaban J connectivity index is 1.18. The smallest absolute Gasteiger partial charge is 0.407 e. The minimum atomic E-state index is -2.05. The molecule has 3 aliphatic rings. The van der Waals surface area contributed by atoms with Gasteiger partial charge in [-0.15, -0.1) is 11.3 Å². The second-order valence-electron chi connectivity index (χ2n) is 28.1. The van der Waals surface area contributed by atoms with E-state index in [1.165, 1.54) is 30.6 Å². The molecule has 100 heavy (non-hydrogen) atoms. The molecule has 552 valence electrons. The molecule has 2 saturated heterocycles. The van der Waals surface area contributed by atoms with Gasteiger partial charge in [0.25, 0.3) is 17.7 Å². The van der Waals surface area contributed by atoms with Crippen molar-refractivity contribution >= 4 is 76.3 Å². The number of aliphatic carboxylic acids is 1. The number of carboxylic acids is 1. The Morgan fingerprint density at radius 2 is 1.51 bits per heavy atom. The van der Waals surface area contributed by atoms with Crippen LogP contribution in [0.1, 0.15) is 124 Å². The first-order chi connectivity index (χ1) is 47.0. The van der Waals surface area contributed by atoms with Gasteiger partial charge in [-0.05, 0) is 75.6 Å². The Morgan fingerprint density at radius 1 is 0.840 bits per heavy atom. The highest BCUT2D eigenvalue weighted by Crippen LogP contribution is 2.35. The van der Waals surface area contributed by atoms with Gasteiger partial charge in [0.05, 0.1) is 69.0 Å². The first-order valence-electron chi connectivity index (χ1n) is 33.8. The van der Waals surface area contributed by atoms with E-state index in [1.807, 2.05) is 77.3 Å². The number of alkyl carbamates (subject to hydrolysis) is 1. The molecule has 9 amide bonds. The molecule has 9 N–H and O–H groups in total. The quantitative estimate of drug-likeness (QED) is 0.0305. The lowest BCUT2D eigenvalue weighted by molar-refractivity contribution is -0.922. The number of carboxylic acid groups (broad SMARTS) is 1. The SMILES string of the molecule is CC[C@H](C)[C@@H]([C@H](CC(=O)N1CCC[C@H]1[C@H](OC)[C@@H](C)C(=O)N[C@@H](Cc1ccccc1)c1nccs1)OC)N(C)C(=O)[C@@H](NC(=O)[C@H](C(C)C)[N+](C)(C)Cc1ccc(O[C@@H]2O[C@H](C(=O)O)[C@@H](O)[C@@H](O)[C@@H]2O)c(NC(=O)CCNC(=O)[C@H](CNC(=O)OC(C)(C)C)N2C(=O)C=CC2=O)c1)C(C)C. The van der Waals surface area contributed by atoms with Crippen LogP contribution in [0.3, 0.4) is 0 Å². The normalized spacial score (nSPS) is 21.4. The predicted molar refractivity (Wildman–Crippen MR) is 367 cm³/mol. The lowest BCUT2D eigenvalue weighted by atomic mass is 9.89. The number of ether oxygens (including phenoxy) is 5. The van der Waals surface area contributed by atoms with Crippen molar-refractivity contribution in [1.29, 1.82) is 0 Å². The lowest BCUT2D eigenvalue weighted by Crippen LogP contribution is -2.63. The molecule has 2 aromatic carbocycles. The van der Waals surface area contributed by atoms with Crippen LogP contribution >= 0.6 is 11.3 Å². The third-order valence-corrected chi connectivity index (χ3v) is 19.3. The summed E-state index contributed by atoms with van der Waals surface area (Å²) in [6.45, 7) is 17.5. The largest absolute Gasteiger partial charge is 0.479 e. The van der Waals surface area contributed by atoms with E-state index in [0.717, 1.165) is 22.7 Å². The second kappa shape index (κ2) is 36.1. The van der Waals surface area contributed by atoms with Crippen molar-refractivity contribution in [3.63, 3.8) is 0 Å². The molecule has 3 aromatic rings. The van der Waals surface area contributed by atoms with Gasteiger partial charge in [0.1, 0.15) is 53.3 Å². The van der Waals surface area contributed by atoms with E-state index in [2.05, 4.69) is 31.6 Å². The molecular weight excluding hydrogens is 1320 g/mol. The van der Waals surface area contributed by atoms with Gasteiger partial charge in [-0.1, -0.05) is 85.2 Å². The Kier molecular flexibility index (Phi) is 29.2. The van der Waals surface area contributed by atoms with Crippen LogP contribution < -0.4 is 31.3 Å². The van der Waals surface area contributed by atoms with Gasteiger partial charge in [-0.2, -0.15) is 0 Å². The fraction of sp³-hybridized carbons (Fsp3) is 0.614. The maximum absolute atomic E-state index is 15.2. The van der Waals surface area contributed by atoms with Crippen molar-refractivity contribution in [2.24, 2.45) is 23.7 Å². The van der Waals surface area contributed by atoms with E-state index >= 15 is 9.59 Å². The number of aliphatic hydroxyl groups is 3. The maximum Gasteiger partial charge on any atom is 0.407 e. The number of carbonyl (C=O) groups excluding carboxylic acids is 9. The summed E-state index contributed by atoms with van der Waals surface area (Å²) in [5.74, 6) is -8.22. The summed E-state index contributed by atoms with van der Waals surface area (Å²) in [5.41, 5.74) is 0.508. The van der Waals surface area contributed by atoms with Crippen molar-refractivity contribution in [3.05, 3.63) is 88.4 Å². The van der Waals surface area contributed by atoms with Crippen LogP contribution in [0.2, 0.25) is 0 Å². The van der Waals surface area contributed by atoms with Crippen LogP contribution in [0.15, 0.2) is 72.3 Å². The number of imide groups is 1. The number of carbonyl (C=O) groups is 10. The molecule has 1 aromatic heterocycles. The number of aromatic nitrogens is 1. The van der Waals surface area contributed by atoms with Gasteiger partial charge < -0.3 is 85.0 Å². The number of aliphatic hydroxyl groups excluding tert-OH is 3.